The molecule has 1 aliphatic heterocycles. The molecule has 5 heteroatoms. The topological polar surface area (TPSA) is 59.0 Å². The average Bonchev–Trinajstić information content (AvgIpc) is 3.24. The van der Waals surface area contributed by atoms with Gasteiger partial charge >= 0.3 is 5.97 Å². The summed E-state index contributed by atoms with van der Waals surface area (Å²) in [6, 6.07) is 9.74. The van der Waals surface area contributed by atoms with Gasteiger partial charge in [-0.05, 0) is 38.3 Å². The van der Waals surface area contributed by atoms with E-state index >= 15 is 0 Å². The molecule has 1 N–H and O–H groups in total. The summed E-state index contributed by atoms with van der Waals surface area (Å²) in [5.74, 6) is 0.322. The fourth-order valence-electron chi connectivity index (χ4n) is 3.43. The highest BCUT2D eigenvalue weighted by molar-refractivity contribution is 5.73. The maximum absolute atomic E-state index is 11.0. The van der Waals surface area contributed by atoms with E-state index in [0.717, 1.165) is 31.8 Å². The number of benzene rings is 1. The third kappa shape index (κ3) is 4.45. The molecule has 3 atom stereocenters. The second-order valence-electron chi connectivity index (χ2n) is 7.26. The maximum Gasteiger partial charge on any atom is 0.306 e. The first-order valence-corrected chi connectivity index (χ1v) is 8.24. The van der Waals surface area contributed by atoms with Crippen LogP contribution in [0.15, 0.2) is 30.3 Å². The second-order valence-corrected chi connectivity index (χ2v) is 7.26. The van der Waals surface area contributed by atoms with E-state index in [-0.39, 0.29) is 23.5 Å². The van der Waals surface area contributed by atoms with Crippen LogP contribution in [0.4, 0.5) is 0 Å². The lowest BCUT2D eigenvalue weighted by Gasteiger charge is -2.42. The minimum absolute atomic E-state index is 0.000911. The Labute approximate surface area is 137 Å². The highest BCUT2D eigenvalue weighted by atomic mass is 16.5. The van der Waals surface area contributed by atoms with Gasteiger partial charge in [-0.15, -0.1) is 0 Å². The normalized spacial score (nSPS) is 29.9. The number of hydrogen-bond acceptors (Lipinski definition) is 4. The Morgan fingerprint density at radius 1 is 1.39 bits per heavy atom. The molecule has 5 nitrogen and oxygen atoms in total. The number of aliphatic carboxylic acids is 1. The first-order valence-electron chi connectivity index (χ1n) is 8.24. The predicted octanol–water partition coefficient (Wildman–Crippen LogP) is 2.27. The Balaban J connectivity index is 1.53. The summed E-state index contributed by atoms with van der Waals surface area (Å²) in [5.41, 5.74) is -0.240. The van der Waals surface area contributed by atoms with Gasteiger partial charge in [-0.2, -0.15) is 0 Å². The second kappa shape index (κ2) is 6.49. The van der Waals surface area contributed by atoms with Crippen molar-refractivity contribution >= 4 is 5.97 Å². The summed E-state index contributed by atoms with van der Waals surface area (Å²) in [6.07, 6.45) is 0.805. The number of ether oxygens (including phenoxy) is 2. The van der Waals surface area contributed by atoms with Crippen molar-refractivity contribution in [1.82, 2.24) is 4.90 Å². The van der Waals surface area contributed by atoms with Crippen LogP contribution in [0.25, 0.3) is 0 Å². The number of carboxylic acid groups (broad SMARTS) is 1. The molecule has 1 aromatic rings. The van der Waals surface area contributed by atoms with Crippen LogP contribution in [0.1, 0.15) is 20.3 Å². The van der Waals surface area contributed by atoms with Gasteiger partial charge < -0.3 is 14.6 Å². The molecule has 3 rings (SSSR count). The van der Waals surface area contributed by atoms with Crippen molar-refractivity contribution in [2.75, 3.05) is 26.2 Å². The zero-order chi connectivity index (χ0) is 16.4. The summed E-state index contributed by atoms with van der Waals surface area (Å²) in [6.45, 7) is 7.13. The SMILES string of the molecule is CC1(C)CN(C[C@H]2C[C@@H]2C(=O)O)CC(COc2ccccc2)O1. The molecule has 0 bridgehead atoms. The Morgan fingerprint density at radius 3 is 2.78 bits per heavy atom. The number of hydrogen-bond donors (Lipinski definition) is 1. The van der Waals surface area contributed by atoms with E-state index in [4.69, 9.17) is 14.6 Å². The van der Waals surface area contributed by atoms with Crippen LogP contribution in [0.5, 0.6) is 5.75 Å². The summed E-state index contributed by atoms with van der Waals surface area (Å²) in [4.78, 5) is 13.3. The zero-order valence-electron chi connectivity index (χ0n) is 13.8. The third-order valence-electron chi connectivity index (χ3n) is 4.46. The molecule has 0 amide bonds. The minimum Gasteiger partial charge on any atom is -0.491 e. The molecule has 23 heavy (non-hydrogen) atoms. The molecule has 0 aromatic heterocycles. The van der Waals surface area contributed by atoms with Gasteiger partial charge in [0.15, 0.2) is 0 Å². The molecule has 1 saturated heterocycles. The van der Waals surface area contributed by atoms with Crippen molar-refractivity contribution in [3.8, 4) is 5.75 Å². The fraction of sp³-hybridized carbons (Fsp3) is 0.611. The highest BCUT2D eigenvalue weighted by Gasteiger charge is 2.45. The lowest BCUT2D eigenvalue weighted by Crippen LogP contribution is -2.54. The van der Waals surface area contributed by atoms with Gasteiger partial charge in [-0.25, -0.2) is 0 Å². The van der Waals surface area contributed by atoms with Crippen molar-refractivity contribution in [1.29, 1.82) is 0 Å². The molecule has 126 valence electrons. The number of para-hydroxylation sites is 1. The Morgan fingerprint density at radius 2 is 2.13 bits per heavy atom. The molecule has 0 spiro atoms. The van der Waals surface area contributed by atoms with Crippen LogP contribution in [0, 0.1) is 11.8 Å². The van der Waals surface area contributed by atoms with Gasteiger partial charge in [0.2, 0.25) is 0 Å². The number of morpholine rings is 1. The number of nitrogens with zero attached hydrogens (tertiary/aromatic N) is 1. The van der Waals surface area contributed by atoms with E-state index in [0.29, 0.717) is 6.61 Å². The lowest BCUT2D eigenvalue weighted by molar-refractivity contribution is -0.147. The number of rotatable bonds is 6. The molecule has 0 radical (unpaired) electrons. The molecule has 1 heterocycles. The van der Waals surface area contributed by atoms with Crippen LogP contribution < -0.4 is 4.74 Å². The Bertz CT molecular complexity index is 545. The molecule has 1 saturated carbocycles. The Kier molecular flexibility index (Phi) is 4.60. The van der Waals surface area contributed by atoms with Gasteiger partial charge in [0.1, 0.15) is 18.5 Å². The third-order valence-corrected chi connectivity index (χ3v) is 4.46. The van der Waals surface area contributed by atoms with Crippen molar-refractivity contribution < 1.29 is 19.4 Å². The van der Waals surface area contributed by atoms with Crippen LogP contribution in [0.2, 0.25) is 0 Å². The average molecular weight is 319 g/mol. The monoisotopic (exact) mass is 319 g/mol. The van der Waals surface area contributed by atoms with Crippen molar-refractivity contribution in [3.05, 3.63) is 30.3 Å². The van der Waals surface area contributed by atoms with Crippen molar-refractivity contribution in [3.63, 3.8) is 0 Å². The van der Waals surface area contributed by atoms with Crippen LogP contribution in [-0.4, -0.2) is 53.9 Å². The summed E-state index contributed by atoms with van der Waals surface area (Å²) in [5, 5.41) is 9.05. The molecule has 1 unspecified atom stereocenters. The predicted molar refractivity (Wildman–Crippen MR) is 86.6 cm³/mol. The fourth-order valence-corrected chi connectivity index (χ4v) is 3.43. The van der Waals surface area contributed by atoms with Crippen LogP contribution >= 0.6 is 0 Å². The lowest BCUT2D eigenvalue weighted by atomic mass is 10.0. The number of carbonyl (C=O) groups is 1. The number of carboxylic acids is 1. The van der Waals surface area contributed by atoms with Gasteiger partial charge in [0, 0.05) is 19.6 Å². The van der Waals surface area contributed by atoms with E-state index in [1.54, 1.807) is 0 Å². The van der Waals surface area contributed by atoms with E-state index in [2.05, 4.69) is 18.7 Å². The van der Waals surface area contributed by atoms with Crippen molar-refractivity contribution in [2.24, 2.45) is 11.8 Å². The van der Waals surface area contributed by atoms with E-state index in [1.165, 1.54) is 0 Å². The molecule has 2 fully saturated rings. The van der Waals surface area contributed by atoms with E-state index < -0.39 is 5.97 Å². The van der Waals surface area contributed by atoms with Crippen LogP contribution in [-0.2, 0) is 9.53 Å². The summed E-state index contributed by atoms with van der Waals surface area (Å²) < 4.78 is 11.9. The first kappa shape index (κ1) is 16.3. The molecule has 2 aliphatic rings. The smallest absolute Gasteiger partial charge is 0.306 e. The maximum atomic E-state index is 11.0. The molecule has 1 aromatic carbocycles. The highest BCUT2D eigenvalue weighted by Crippen LogP contribution is 2.40. The minimum atomic E-state index is -0.661. The summed E-state index contributed by atoms with van der Waals surface area (Å²) in [7, 11) is 0. The molecular formula is C18H25NO4. The van der Waals surface area contributed by atoms with Gasteiger partial charge in [0.05, 0.1) is 11.5 Å². The quantitative estimate of drug-likeness (QED) is 0.871. The van der Waals surface area contributed by atoms with Gasteiger partial charge in [0.25, 0.3) is 0 Å². The first-order chi connectivity index (χ1) is 10.9. The van der Waals surface area contributed by atoms with Crippen molar-refractivity contribution in [2.45, 2.75) is 32.0 Å². The van der Waals surface area contributed by atoms with E-state index in [9.17, 15) is 4.79 Å². The van der Waals surface area contributed by atoms with Crippen LogP contribution in [0.3, 0.4) is 0 Å². The Hall–Kier alpha value is -1.59. The summed E-state index contributed by atoms with van der Waals surface area (Å²) >= 11 is 0. The van der Waals surface area contributed by atoms with Gasteiger partial charge in [-0.1, -0.05) is 18.2 Å². The standard InChI is InChI=1S/C18H25NO4/c1-18(2)12-19(9-13-8-16(13)17(20)21)10-15(23-18)11-22-14-6-4-3-5-7-14/h3-7,13,15-16H,8-12H2,1-2H3,(H,20,21)/t13-,15?,16+/m1/s1. The zero-order valence-corrected chi connectivity index (χ0v) is 13.8. The van der Waals surface area contributed by atoms with E-state index in [1.807, 2.05) is 30.3 Å². The molecule has 1 aliphatic carbocycles. The van der Waals surface area contributed by atoms with Gasteiger partial charge in [-0.3, -0.25) is 9.69 Å². The largest absolute Gasteiger partial charge is 0.491 e. The molecular weight excluding hydrogens is 294 g/mol.